The van der Waals surface area contributed by atoms with Crippen LogP contribution in [-0.4, -0.2) is 28.3 Å². The number of hydrogen-bond donors (Lipinski definition) is 1. The number of para-hydroxylation sites is 1. The standard InChI is InChI=1S/C18H16BrN3OS/c1-20-17(23)12-24-18-21-11-16(13-7-9-14(19)10-8-13)22(18)15-5-3-2-4-6-15/h2-11H,12H2,1H3,(H,20,23). The van der Waals surface area contributed by atoms with Crippen molar-refractivity contribution in [3.05, 3.63) is 65.3 Å². The highest BCUT2D eigenvalue weighted by atomic mass is 79.9. The van der Waals surface area contributed by atoms with Crippen LogP contribution in [-0.2, 0) is 4.79 Å². The number of rotatable bonds is 5. The van der Waals surface area contributed by atoms with Crippen molar-refractivity contribution in [3.63, 3.8) is 0 Å². The fourth-order valence-electron chi connectivity index (χ4n) is 2.29. The SMILES string of the molecule is CNC(=O)CSc1ncc(-c2ccc(Br)cc2)n1-c1ccccc1. The highest BCUT2D eigenvalue weighted by Crippen LogP contribution is 2.30. The quantitative estimate of drug-likeness (QED) is 0.653. The van der Waals surface area contributed by atoms with Crippen LogP contribution >= 0.6 is 27.7 Å². The predicted octanol–water partition coefficient (Wildman–Crippen LogP) is 4.14. The van der Waals surface area contributed by atoms with Gasteiger partial charge in [-0.25, -0.2) is 4.98 Å². The molecule has 1 heterocycles. The molecule has 0 fully saturated rings. The van der Waals surface area contributed by atoms with Crippen LogP contribution in [0, 0.1) is 0 Å². The van der Waals surface area contributed by atoms with Crippen molar-refractivity contribution in [3.8, 4) is 16.9 Å². The molecule has 1 aromatic heterocycles. The molecule has 0 saturated heterocycles. The van der Waals surface area contributed by atoms with E-state index in [1.54, 1.807) is 7.05 Å². The minimum atomic E-state index is -0.0206. The summed E-state index contributed by atoms with van der Waals surface area (Å²) in [6.07, 6.45) is 1.85. The Morgan fingerprint density at radius 3 is 2.54 bits per heavy atom. The Kier molecular flexibility index (Phi) is 5.37. The average molecular weight is 402 g/mol. The third-order valence-corrected chi connectivity index (χ3v) is 4.98. The molecule has 24 heavy (non-hydrogen) atoms. The molecule has 0 aliphatic carbocycles. The molecule has 0 unspecified atom stereocenters. The summed E-state index contributed by atoms with van der Waals surface area (Å²) in [5, 5.41) is 3.43. The summed E-state index contributed by atoms with van der Waals surface area (Å²) in [7, 11) is 1.64. The Labute approximate surface area is 153 Å². The minimum Gasteiger partial charge on any atom is -0.358 e. The molecule has 4 nitrogen and oxygen atoms in total. The lowest BCUT2D eigenvalue weighted by Crippen LogP contribution is -2.20. The topological polar surface area (TPSA) is 46.9 Å². The van der Waals surface area contributed by atoms with E-state index in [-0.39, 0.29) is 5.91 Å². The molecule has 0 bridgehead atoms. The van der Waals surface area contributed by atoms with Crippen LogP contribution in [0.2, 0.25) is 0 Å². The van der Waals surface area contributed by atoms with Gasteiger partial charge in [-0.05, 0) is 24.3 Å². The molecule has 3 aromatic rings. The molecule has 0 saturated carbocycles. The van der Waals surface area contributed by atoms with Crippen LogP contribution in [0.25, 0.3) is 16.9 Å². The van der Waals surface area contributed by atoms with Gasteiger partial charge >= 0.3 is 0 Å². The lowest BCUT2D eigenvalue weighted by Gasteiger charge is -2.12. The average Bonchev–Trinajstić information content (AvgIpc) is 3.05. The van der Waals surface area contributed by atoms with E-state index in [0.29, 0.717) is 5.75 Å². The summed E-state index contributed by atoms with van der Waals surface area (Å²) < 4.78 is 3.11. The smallest absolute Gasteiger partial charge is 0.230 e. The number of imidazole rings is 1. The summed E-state index contributed by atoms with van der Waals surface area (Å²) in [5.41, 5.74) is 3.08. The summed E-state index contributed by atoms with van der Waals surface area (Å²) in [5.74, 6) is 0.313. The first kappa shape index (κ1) is 16.8. The van der Waals surface area contributed by atoms with Crippen molar-refractivity contribution in [2.75, 3.05) is 12.8 Å². The van der Waals surface area contributed by atoms with Gasteiger partial charge in [0.1, 0.15) is 0 Å². The van der Waals surface area contributed by atoms with Gasteiger partial charge in [0.15, 0.2) is 5.16 Å². The lowest BCUT2D eigenvalue weighted by atomic mass is 10.1. The van der Waals surface area contributed by atoms with Gasteiger partial charge in [0.2, 0.25) is 5.91 Å². The fraction of sp³-hybridized carbons (Fsp3) is 0.111. The maximum atomic E-state index is 11.6. The zero-order valence-electron chi connectivity index (χ0n) is 13.1. The summed E-state index contributed by atoms with van der Waals surface area (Å²) in [6, 6.07) is 18.2. The Bertz CT molecular complexity index is 831. The van der Waals surface area contributed by atoms with E-state index in [0.717, 1.165) is 26.6 Å². The molecule has 3 rings (SSSR count). The number of hydrogen-bond acceptors (Lipinski definition) is 3. The van der Waals surface area contributed by atoms with E-state index >= 15 is 0 Å². The van der Waals surface area contributed by atoms with E-state index < -0.39 is 0 Å². The first-order valence-corrected chi connectivity index (χ1v) is 9.19. The van der Waals surface area contributed by atoms with Crippen LogP contribution in [0.4, 0.5) is 0 Å². The monoisotopic (exact) mass is 401 g/mol. The molecule has 0 spiro atoms. The van der Waals surface area contributed by atoms with Crippen molar-refractivity contribution in [2.24, 2.45) is 0 Å². The highest BCUT2D eigenvalue weighted by molar-refractivity contribution is 9.10. The Morgan fingerprint density at radius 1 is 1.17 bits per heavy atom. The Balaban J connectivity index is 2.04. The maximum Gasteiger partial charge on any atom is 0.230 e. The number of halogens is 1. The van der Waals surface area contributed by atoms with Gasteiger partial charge in [0.05, 0.1) is 17.6 Å². The zero-order valence-corrected chi connectivity index (χ0v) is 15.5. The Morgan fingerprint density at radius 2 is 1.88 bits per heavy atom. The zero-order chi connectivity index (χ0) is 16.9. The number of aromatic nitrogens is 2. The van der Waals surface area contributed by atoms with Crippen molar-refractivity contribution >= 4 is 33.6 Å². The molecule has 0 radical (unpaired) electrons. The largest absolute Gasteiger partial charge is 0.358 e. The predicted molar refractivity (Wildman–Crippen MR) is 101 cm³/mol. The number of thioether (sulfide) groups is 1. The van der Waals surface area contributed by atoms with Crippen LogP contribution < -0.4 is 5.32 Å². The van der Waals surface area contributed by atoms with Crippen molar-refractivity contribution in [2.45, 2.75) is 5.16 Å². The second-order valence-electron chi connectivity index (χ2n) is 5.07. The minimum absolute atomic E-state index is 0.0206. The second-order valence-corrected chi connectivity index (χ2v) is 6.92. The summed E-state index contributed by atoms with van der Waals surface area (Å²) in [4.78, 5) is 16.1. The van der Waals surface area contributed by atoms with Gasteiger partial charge < -0.3 is 5.32 Å². The third kappa shape index (κ3) is 3.71. The number of nitrogens with zero attached hydrogens (tertiary/aromatic N) is 2. The van der Waals surface area contributed by atoms with E-state index in [2.05, 4.69) is 30.8 Å². The van der Waals surface area contributed by atoms with Gasteiger partial charge in [0.25, 0.3) is 0 Å². The molecular weight excluding hydrogens is 386 g/mol. The molecule has 122 valence electrons. The van der Waals surface area contributed by atoms with Crippen molar-refractivity contribution in [1.82, 2.24) is 14.9 Å². The van der Waals surface area contributed by atoms with Gasteiger partial charge in [-0.2, -0.15) is 0 Å². The molecule has 6 heteroatoms. The molecule has 0 atom stereocenters. The molecule has 1 N–H and O–H groups in total. The summed E-state index contributed by atoms with van der Waals surface area (Å²) >= 11 is 4.89. The van der Waals surface area contributed by atoms with Crippen LogP contribution in [0.1, 0.15) is 0 Å². The normalized spacial score (nSPS) is 10.6. The summed E-state index contributed by atoms with van der Waals surface area (Å²) in [6.45, 7) is 0. The van der Waals surface area contributed by atoms with Crippen molar-refractivity contribution in [1.29, 1.82) is 0 Å². The van der Waals surface area contributed by atoms with Gasteiger partial charge in [-0.3, -0.25) is 9.36 Å². The molecular formula is C18H16BrN3OS. The molecule has 0 aliphatic rings. The number of carbonyl (C=O) groups excluding carboxylic acids is 1. The van der Waals surface area contributed by atoms with E-state index in [1.165, 1.54) is 11.8 Å². The van der Waals surface area contributed by atoms with Crippen LogP contribution in [0.5, 0.6) is 0 Å². The molecule has 0 aliphatic heterocycles. The lowest BCUT2D eigenvalue weighted by molar-refractivity contribution is -0.118. The molecule has 1 amide bonds. The van der Waals surface area contributed by atoms with Crippen LogP contribution in [0.3, 0.4) is 0 Å². The second kappa shape index (κ2) is 7.68. The van der Waals surface area contributed by atoms with Crippen LogP contribution in [0.15, 0.2) is 70.4 Å². The molecule has 2 aromatic carbocycles. The number of nitrogens with one attached hydrogen (secondary N) is 1. The van der Waals surface area contributed by atoms with E-state index in [9.17, 15) is 4.79 Å². The van der Waals surface area contributed by atoms with E-state index in [1.807, 2.05) is 60.8 Å². The fourth-order valence-corrected chi connectivity index (χ4v) is 3.42. The van der Waals surface area contributed by atoms with E-state index in [4.69, 9.17) is 0 Å². The number of carbonyl (C=O) groups is 1. The first-order valence-electron chi connectivity index (χ1n) is 7.41. The maximum absolute atomic E-state index is 11.6. The van der Waals surface area contributed by atoms with Gasteiger partial charge in [-0.15, -0.1) is 0 Å². The van der Waals surface area contributed by atoms with Gasteiger partial charge in [0, 0.05) is 22.8 Å². The third-order valence-electron chi connectivity index (χ3n) is 3.50. The van der Waals surface area contributed by atoms with Gasteiger partial charge in [-0.1, -0.05) is 58.0 Å². The van der Waals surface area contributed by atoms with Crippen molar-refractivity contribution < 1.29 is 4.79 Å². The number of benzene rings is 2. The highest BCUT2D eigenvalue weighted by Gasteiger charge is 2.15. The first-order chi connectivity index (χ1) is 11.7. The number of amides is 1. The Hall–Kier alpha value is -2.05.